The van der Waals surface area contributed by atoms with Crippen LogP contribution in [0, 0.1) is 0 Å². The maximum absolute atomic E-state index is 8.57. The lowest BCUT2D eigenvalue weighted by molar-refractivity contribution is 0.0669. The average Bonchev–Trinajstić information content (AvgIpc) is 2.33. The molecule has 0 spiro atoms. The van der Waals surface area contributed by atoms with Crippen LogP contribution in [-0.4, -0.2) is 62.0 Å². The fourth-order valence-electron chi connectivity index (χ4n) is 2.07. The Kier molecular flexibility index (Phi) is 7.76. The van der Waals surface area contributed by atoms with Crippen LogP contribution in [0.5, 0.6) is 0 Å². The van der Waals surface area contributed by atoms with Gasteiger partial charge in [0.25, 0.3) is 0 Å². The average molecular weight is 230 g/mol. The summed E-state index contributed by atoms with van der Waals surface area (Å²) >= 11 is 0. The Morgan fingerprint density at radius 1 is 1.31 bits per heavy atom. The molecule has 0 bridgehead atoms. The fraction of sp³-hybridized carbons (Fsp3) is 1.00. The fourth-order valence-corrected chi connectivity index (χ4v) is 2.07. The van der Waals surface area contributed by atoms with Gasteiger partial charge in [0.2, 0.25) is 0 Å². The first kappa shape index (κ1) is 13.9. The monoisotopic (exact) mass is 230 g/mol. The van der Waals surface area contributed by atoms with Crippen molar-refractivity contribution in [3.63, 3.8) is 0 Å². The second-order valence-corrected chi connectivity index (χ2v) is 4.41. The molecular formula is C12H26N2O2. The van der Waals surface area contributed by atoms with E-state index in [0.717, 1.165) is 25.7 Å². The van der Waals surface area contributed by atoms with Gasteiger partial charge < -0.3 is 20.1 Å². The number of nitrogens with one attached hydrogen (secondary N) is 1. The molecule has 0 atom stereocenters. The molecule has 0 saturated carbocycles. The third kappa shape index (κ3) is 5.80. The number of ether oxygens (including phenoxy) is 1. The van der Waals surface area contributed by atoms with Crippen molar-refractivity contribution in [1.29, 1.82) is 0 Å². The number of aliphatic hydroxyl groups is 1. The smallest absolute Gasteiger partial charge is 0.0698 e. The second-order valence-electron chi connectivity index (χ2n) is 4.41. The quantitative estimate of drug-likeness (QED) is 0.595. The molecule has 0 unspecified atom stereocenters. The summed E-state index contributed by atoms with van der Waals surface area (Å²) in [5.41, 5.74) is 0. The van der Waals surface area contributed by atoms with Crippen molar-refractivity contribution in [2.24, 2.45) is 0 Å². The first-order chi connectivity index (χ1) is 7.86. The van der Waals surface area contributed by atoms with Gasteiger partial charge in [-0.15, -0.1) is 0 Å². The summed E-state index contributed by atoms with van der Waals surface area (Å²) in [7, 11) is 0. The maximum Gasteiger partial charge on any atom is 0.0698 e. The van der Waals surface area contributed by atoms with Crippen molar-refractivity contribution in [3.05, 3.63) is 0 Å². The summed E-state index contributed by atoms with van der Waals surface area (Å²) in [5, 5.41) is 12.2. The van der Waals surface area contributed by atoms with E-state index in [1.807, 2.05) is 0 Å². The molecule has 1 heterocycles. The Balaban J connectivity index is 1.98. The number of hydrogen-bond acceptors (Lipinski definition) is 4. The molecule has 4 heteroatoms. The highest BCUT2D eigenvalue weighted by atomic mass is 16.5. The molecule has 0 aromatic carbocycles. The van der Waals surface area contributed by atoms with Gasteiger partial charge >= 0.3 is 0 Å². The molecule has 0 radical (unpaired) electrons. The van der Waals surface area contributed by atoms with Gasteiger partial charge in [-0.1, -0.05) is 6.92 Å². The van der Waals surface area contributed by atoms with Gasteiger partial charge in [-0.25, -0.2) is 0 Å². The zero-order chi connectivity index (χ0) is 11.6. The van der Waals surface area contributed by atoms with E-state index in [-0.39, 0.29) is 6.61 Å². The van der Waals surface area contributed by atoms with Gasteiger partial charge in [-0.2, -0.15) is 0 Å². The number of hydrogen-bond donors (Lipinski definition) is 2. The molecule has 96 valence electrons. The molecule has 2 N–H and O–H groups in total. The molecule has 0 aromatic heterocycles. The lowest BCUT2D eigenvalue weighted by Crippen LogP contribution is -2.43. The highest BCUT2D eigenvalue weighted by Crippen LogP contribution is 2.09. The van der Waals surface area contributed by atoms with Crippen molar-refractivity contribution in [2.75, 3.05) is 46.0 Å². The molecule has 4 nitrogen and oxygen atoms in total. The van der Waals surface area contributed by atoms with E-state index in [2.05, 4.69) is 17.1 Å². The predicted octanol–water partition coefficient (Wildman–Crippen LogP) is 0.459. The summed E-state index contributed by atoms with van der Waals surface area (Å²) in [6.07, 6.45) is 3.72. The zero-order valence-corrected chi connectivity index (χ0v) is 10.5. The molecule has 0 amide bonds. The minimum absolute atomic E-state index is 0.128. The number of aliphatic hydroxyl groups excluding tert-OH is 1. The number of likely N-dealkylation sites (tertiary alicyclic amines) is 1. The van der Waals surface area contributed by atoms with Crippen LogP contribution in [0.3, 0.4) is 0 Å². The number of piperidine rings is 1. The molecule has 1 saturated heterocycles. The van der Waals surface area contributed by atoms with Gasteiger partial charge in [-0.05, 0) is 38.9 Å². The minimum atomic E-state index is 0.128. The highest BCUT2D eigenvalue weighted by molar-refractivity contribution is 4.76. The lowest BCUT2D eigenvalue weighted by Gasteiger charge is -2.32. The third-order valence-corrected chi connectivity index (χ3v) is 3.06. The molecule has 1 fully saturated rings. The molecule has 1 aliphatic heterocycles. The van der Waals surface area contributed by atoms with Crippen LogP contribution in [0.4, 0.5) is 0 Å². The third-order valence-electron chi connectivity index (χ3n) is 3.06. The van der Waals surface area contributed by atoms with Crippen molar-refractivity contribution in [3.8, 4) is 0 Å². The van der Waals surface area contributed by atoms with Crippen molar-refractivity contribution in [2.45, 2.75) is 32.2 Å². The molecule has 0 aromatic rings. The Labute approximate surface area is 99.0 Å². The molecule has 1 aliphatic rings. The summed E-state index contributed by atoms with van der Waals surface area (Å²) in [5.74, 6) is 0. The van der Waals surface area contributed by atoms with Crippen LogP contribution in [0.1, 0.15) is 26.2 Å². The Morgan fingerprint density at radius 2 is 2.06 bits per heavy atom. The lowest BCUT2D eigenvalue weighted by atomic mass is 10.1. The predicted molar refractivity (Wildman–Crippen MR) is 65.7 cm³/mol. The summed E-state index contributed by atoms with van der Waals surface area (Å²) in [4.78, 5) is 2.45. The van der Waals surface area contributed by atoms with E-state index in [1.54, 1.807) is 0 Å². The van der Waals surface area contributed by atoms with Gasteiger partial charge in [0.15, 0.2) is 0 Å². The standard InChI is InChI=1S/C12H26N2O2/c1-2-5-13-12-3-6-14(7-4-12)8-10-16-11-9-15/h12-13,15H,2-11H2,1H3. The topological polar surface area (TPSA) is 44.7 Å². The van der Waals surface area contributed by atoms with Crippen LogP contribution in [0.25, 0.3) is 0 Å². The highest BCUT2D eigenvalue weighted by Gasteiger charge is 2.17. The van der Waals surface area contributed by atoms with E-state index >= 15 is 0 Å². The van der Waals surface area contributed by atoms with E-state index in [4.69, 9.17) is 9.84 Å². The SMILES string of the molecule is CCCNC1CCN(CCOCCO)CC1. The summed E-state index contributed by atoms with van der Waals surface area (Å²) < 4.78 is 5.27. The number of rotatable bonds is 8. The largest absolute Gasteiger partial charge is 0.394 e. The van der Waals surface area contributed by atoms with Crippen molar-refractivity contribution in [1.82, 2.24) is 10.2 Å². The second kappa shape index (κ2) is 8.93. The van der Waals surface area contributed by atoms with E-state index in [1.165, 1.54) is 32.4 Å². The van der Waals surface area contributed by atoms with Gasteiger partial charge in [0, 0.05) is 12.6 Å². The molecule has 1 rings (SSSR count). The summed E-state index contributed by atoms with van der Waals surface area (Å²) in [6.45, 7) is 8.03. The molecule has 16 heavy (non-hydrogen) atoms. The van der Waals surface area contributed by atoms with Crippen LogP contribution >= 0.6 is 0 Å². The molecule has 0 aliphatic carbocycles. The Bertz CT molecular complexity index is 159. The van der Waals surface area contributed by atoms with Crippen LogP contribution in [-0.2, 0) is 4.74 Å². The number of nitrogens with zero attached hydrogens (tertiary/aromatic N) is 1. The van der Waals surface area contributed by atoms with E-state index in [0.29, 0.717) is 6.61 Å². The zero-order valence-electron chi connectivity index (χ0n) is 10.5. The van der Waals surface area contributed by atoms with Gasteiger partial charge in [0.05, 0.1) is 19.8 Å². The van der Waals surface area contributed by atoms with Crippen LogP contribution in [0.2, 0.25) is 0 Å². The summed E-state index contributed by atoms with van der Waals surface area (Å²) in [6, 6.07) is 0.717. The Hall–Kier alpha value is -0.160. The van der Waals surface area contributed by atoms with E-state index in [9.17, 15) is 0 Å². The first-order valence-electron chi connectivity index (χ1n) is 6.51. The van der Waals surface area contributed by atoms with Gasteiger partial charge in [-0.3, -0.25) is 0 Å². The van der Waals surface area contributed by atoms with Crippen molar-refractivity contribution < 1.29 is 9.84 Å². The van der Waals surface area contributed by atoms with Gasteiger partial charge in [0.1, 0.15) is 0 Å². The maximum atomic E-state index is 8.57. The Morgan fingerprint density at radius 3 is 2.69 bits per heavy atom. The van der Waals surface area contributed by atoms with Crippen LogP contribution in [0.15, 0.2) is 0 Å². The normalized spacial score (nSPS) is 19.1. The van der Waals surface area contributed by atoms with Crippen LogP contribution < -0.4 is 5.32 Å². The molecular weight excluding hydrogens is 204 g/mol. The minimum Gasteiger partial charge on any atom is -0.394 e. The first-order valence-corrected chi connectivity index (χ1v) is 6.51. The van der Waals surface area contributed by atoms with Crippen molar-refractivity contribution >= 4 is 0 Å². The van der Waals surface area contributed by atoms with E-state index < -0.39 is 0 Å².